The number of fused-ring (bicyclic) bond motifs is 1. The van der Waals surface area contributed by atoms with Crippen molar-refractivity contribution in [2.75, 3.05) is 0 Å². The Morgan fingerprint density at radius 3 is 2.40 bits per heavy atom. The maximum atomic E-state index is 12.3. The molecule has 0 bridgehead atoms. The van der Waals surface area contributed by atoms with Gasteiger partial charge < -0.3 is 0 Å². The van der Waals surface area contributed by atoms with Crippen LogP contribution in [0.15, 0.2) is 30.3 Å². The number of aromatic nitrogens is 1. The van der Waals surface area contributed by atoms with Gasteiger partial charge in [0.15, 0.2) is 0 Å². The van der Waals surface area contributed by atoms with Gasteiger partial charge in [0, 0.05) is 10.4 Å². The highest BCUT2D eigenvalue weighted by atomic mass is 35.5. The molecule has 0 fully saturated rings. The molecule has 0 unspecified atom stereocenters. The number of nitrogens with zero attached hydrogens (tertiary/aromatic N) is 1. The zero-order valence-electron chi connectivity index (χ0n) is 7.35. The topological polar surface area (TPSA) is 12.9 Å². The van der Waals surface area contributed by atoms with E-state index in [-0.39, 0.29) is 5.52 Å². The summed E-state index contributed by atoms with van der Waals surface area (Å²) < 4.78 is 37.0. The molecule has 78 valence electrons. The molecule has 0 N–H and O–H groups in total. The minimum absolute atomic E-state index is 0.248. The van der Waals surface area contributed by atoms with Gasteiger partial charge in [0.1, 0.15) is 5.69 Å². The van der Waals surface area contributed by atoms with Gasteiger partial charge in [-0.05, 0) is 18.2 Å². The third-order valence-electron chi connectivity index (χ3n) is 1.94. The monoisotopic (exact) mass is 231 g/mol. The first-order valence-corrected chi connectivity index (χ1v) is 4.48. The molecule has 2 aromatic rings. The van der Waals surface area contributed by atoms with Crippen molar-refractivity contribution in [3.05, 3.63) is 41.0 Å². The lowest BCUT2D eigenvalue weighted by Crippen LogP contribution is -2.07. The molecular formula is C10H5ClF3N. The third kappa shape index (κ3) is 2.04. The molecule has 15 heavy (non-hydrogen) atoms. The van der Waals surface area contributed by atoms with Crippen LogP contribution in [0, 0.1) is 0 Å². The van der Waals surface area contributed by atoms with Gasteiger partial charge >= 0.3 is 6.18 Å². The molecule has 1 heterocycles. The zero-order chi connectivity index (χ0) is 11.1. The molecule has 0 amide bonds. The maximum absolute atomic E-state index is 12.3. The average Bonchev–Trinajstić information content (AvgIpc) is 2.15. The normalized spacial score (nSPS) is 12.0. The smallest absolute Gasteiger partial charge is 0.243 e. The van der Waals surface area contributed by atoms with Crippen molar-refractivity contribution in [3.8, 4) is 0 Å². The summed E-state index contributed by atoms with van der Waals surface area (Å²) in [7, 11) is 0. The fraction of sp³-hybridized carbons (Fsp3) is 0.100. The first-order chi connectivity index (χ1) is 6.97. The van der Waals surface area contributed by atoms with Crippen LogP contribution < -0.4 is 0 Å². The molecule has 0 saturated carbocycles. The highest BCUT2D eigenvalue weighted by Crippen LogP contribution is 2.29. The molecule has 0 aliphatic rings. The Morgan fingerprint density at radius 2 is 1.73 bits per heavy atom. The summed E-state index contributed by atoms with van der Waals surface area (Å²) in [6, 6.07) is 6.98. The van der Waals surface area contributed by atoms with Crippen LogP contribution >= 0.6 is 11.6 Å². The summed E-state index contributed by atoms with van der Waals surface area (Å²) in [4.78, 5) is 3.50. The van der Waals surface area contributed by atoms with Crippen molar-refractivity contribution in [1.82, 2.24) is 4.98 Å². The number of benzene rings is 1. The van der Waals surface area contributed by atoms with Gasteiger partial charge in [-0.3, -0.25) is 0 Å². The Labute approximate surface area is 88.5 Å². The van der Waals surface area contributed by atoms with Crippen LogP contribution in [0.25, 0.3) is 10.9 Å². The predicted octanol–water partition coefficient (Wildman–Crippen LogP) is 3.91. The fourth-order valence-electron chi connectivity index (χ4n) is 1.25. The molecule has 1 aromatic heterocycles. The lowest BCUT2D eigenvalue weighted by atomic mass is 10.2. The van der Waals surface area contributed by atoms with Crippen molar-refractivity contribution in [2.45, 2.75) is 6.18 Å². The Hall–Kier alpha value is -1.29. The summed E-state index contributed by atoms with van der Waals surface area (Å²) in [5.74, 6) is 0. The van der Waals surface area contributed by atoms with Crippen LogP contribution in [0.3, 0.4) is 0 Å². The summed E-state index contributed by atoms with van der Waals surface area (Å²) in [6.07, 6.45) is -4.42. The second-order valence-corrected chi connectivity index (χ2v) is 3.47. The number of rotatable bonds is 0. The van der Waals surface area contributed by atoms with Gasteiger partial charge in [-0.25, -0.2) is 4.98 Å². The second kappa shape index (κ2) is 3.38. The van der Waals surface area contributed by atoms with E-state index in [1.165, 1.54) is 12.1 Å². The highest BCUT2D eigenvalue weighted by Gasteiger charge is 2.32. The van der Waals surface area contributed by atoms with Crippen LogP contribution in [-0.2, 0) is 6.18 Å². The fourth-order valence-corrected chi connectivity index (χ4v) is 1.41. The van der Waals surface area contributed by atoms with Crippen molar-refractivity contribution in [1.29, 1.82) is 0 Å². The van der Waals surface area contributed by atoms with E-state index in [0.29, 0.717) is 10.4 Å². The first kappa shape index (κ1) is 10.2. The minimum Gasteiger partial charge on any atom is -0.243 e. The van der Waals surface area contributed by atoms with Gasteiger partial charge in [-0.1, -0.05) is 23.7 Å². The number of alkyl halides is 3. The van der Waals surface area contributed by atoms with E-state index in [9.17, 15) is 13.2 Å². The van der Waals surface area contributed by atoms with E-state index in [0.717, 1.165) is 6.07 Å². The number of hydrogen-bond donors (Lipinski definition) is 0. The zero-order valence-corrected chi connectivity index (χ0v) is 8.10. The van der Waals surface area contributed by atoms with Gasteiger partial charge in [0.25, 0.3) is 0 Å². The van der Waals surface area contributed by atoms with Gasteiger partial charge in [-0.15, -0.1) is 0 Å². The molecule has 0 spiro atoms. The second-order valence-electron chi connectivity index (χ2n) is 3.03. The SMILES string of the molecule is FC(F)(F)c1ccc2ccc(Cl)cc2n1. The standard InChI is InChI=1S/C10H5ClF3N/c11-7-3-1-6-2-4-9(10(12,13)14)15-8(6)5-7/h1-5H. The largest absolute Gasteiger partial charge is 0.433 e. The predicted molar refractivity (Wildman–Crippen MR) is 51.8 cm³/mol. The lowest BCUT2D eigenvalue weighted by molar-refractivity contribution is -0.140. The van der Waals surface area contributed by atoms with Gasteiger partial charge in [0.05, 0.1) is 5.52 Å². The molecule has 0 saturated heterocycles. The molecule has 0 aliphatic carbocycles. The first-order valence-electron chi connectivity index (χ1n) is 4.10. The van der Waals surface area contributed by atoms with Crippen LogP contribution in [0.5, 0.6) is 0 Å². The summed E-state index contributed by atoms with van der Waals surface area (Å²) >= 11 is 5.66. The maximum Gasteiger partial charge on any atom is 0.433 e. The number of pyridine rings is 1. The van der Waals surface area contributed by atoms with E-state index in [1.807, 2.05) is 0 Å². The molecule has 0 radical (unpaired) electrons. The highest BCUT2D eigenvalue weighted by molar-refractivity contribution is 6.31. The summed E-state index contributed by atoms with van der Waals surface area (Å²) in [6.45, 7) is 0. The van der Waals surface area contributed by atoms with E-state index in [2.05, 4.69) is 4.98 Å². The molecule has 1 nitrogen and oxygen atoms in total. The molecular weight excluding hydrogens is 227 g/mol. The van der Waals surface area contributed by atoms with Crippen molar-refractivity contribution in [2.24, 2.45) is 0 Å². The molecule has 1 aromatic carbocycles. The Balaban J connectivity index is 2.64. The van der Waals surface area contributed by atoms with Crippen LogP contribution in [0.1, 0.15) is 5.69 Å². The van der Waals surface area contributed by atoms with Gasteiger partial charge in [0.2, 0.25) is 0 Å². The molecule has 0 atom stereocenters. The number of hydrogen-bond acceptors (Lipinski definition) is 1. The quantitative estimate of drug-likeness (QED) is 0.670. The van der Waals surface area contributed by atoms with Crippen molar-refractivity contribution < 1.29 is 13.2 Å². The molecule has 2 rings (SSSR count). The van der Waals surface area contributed by atoms with Crippen LogP contribution in [0.4, 0.5) is 13.2 Å². The van der Waals surface area contributed by atoms with Crippen LogP contribution in [-0.4, -0.2) is 4.98 Å². The average molecular weight is 232 g/mol. The molecule has 5 heteroatoms. The minimum atomic E-state index is -4.42. The Kier molecular flexibility index (Phi) is 2.31. The van der Waals surface area contributed by atoms with E-state index < -0.39 is 11.9 Å². The Bertz CT molecular complexity index is 507. The summed E-state index contributed by atoms with van der Waals surface area (Å²) in [5.41, 5.74) is -0.658. The van der Waals surface area contributed by atoms with E-state index in [1.54, 1.807) is 12.1 Å². The van der Waals surface area contributed by atoms with E-state index in [4.69, 9.17) is 11.6 Å². The number of halogens is 4. The Morgan fingerprint density at radius 1 is 1.07 bits per heavy atom. The van der Waals surface area contributed by atoms with Gasteiger partial charge in [-0.2, -0.15) is 13.2 Å². The van der Waals surface area contributed by atoms with E-state index >= 15 is 0 Å². The lowest BCUT2D eigenvalue weighted by Gasteiger charge is -2.06. The molecule has 0 aliphatic heterocycles. The van der Waals surface area contributed by atoms with Crippen molar-refractivity contribution in [3.63, 3.8) is 0 Å². The van der Waals surface area contributed by atoms with Crippen molar-refractivity contribution >= 4 is 22.5 Å². The van der Waals surface area contributed by atoms with Crippen LogP contribution in [0.2, 0.25) is 5.02 Å². The third-order valence-corrected chi connectivity index (χ3v) is 2.18. The summed E-state index contributed by atoms with van der Waals surface area (Å²) in [5, 5.41) is 1.00.